The highest BCUT2D eigenvalue weighted by molar-refractivity contribution is 7.89. The normalized spacial score (nSPS) is 15.0. The highest BCUT2D eigenvalue weighted by Crippen LogP contribution is 2.26. The number of benzene rings is 2. The number of aryl methyl sites for hydroxylation is 1. The Labute approximate surface area is 194 Å². The zero-order chi connectivity index (χ0) is 24.6. The van der Waals surface area contributed by atoms with E-state index in [1.165, 1.54) is 12.1 Å². The van der Waals surface area contributed by atoms with Gasteiger partial charge in [-0.3, -0.25) is 19.3 Å². The highest BCUT2D eigenvalue weighted by Gasteiger charge is 2.40. The SMILES string of the molecule is Cc1ccc(S(=O)(=O)N(CC(=O)OC(C)(C)C)C[C@H](C)N2C(=O)c3ccccc3C2=O)cc1. The molecule has 0 aromatic heterocycles. The fraction of sp³-hybridized carbons (Fsp3) is 0.375. The molecule has 1 aliphatic rings. The lowest BCUT2D eigenvalue weighted by Gasteiger charge is -2.30. The first-order valence-corrected chi connectivity index (χ1v) is 12.0. The summed E-state index contributed by atoms with van der Waals surface area (Å²) in [7, 11) is -4.11. The summed E-state index contributed by atoms with van der Waals surface area (Å²) in [6.07, 6.45) is 0. The molecule has 9 heteroatoms. The molecule has 1 aliphatic heterocycles. The van der Waals surface area contributed by atoms with Gasteiger partial charge >= 0.3 is 5.97 Å². The van der Waals surface area contributed by atoms with Crippen LogP contribution in [0.5, 0.6) is 0 Å². The third-order valence-corrected chi connectivity index (χ3v) is 6.94. The Bertz CT molecular complexity index is 1150. The van der Waals surface area contributed by atoms with Gasteiger partial charge in [0.2, 0.25) is 10.0 Å². The third-order valence-electron chi connectivity index (χ3n) is 5.12. The van der Waals surface area contributed by atoms with Crippen LogP contribution in [-0.2, 0) is 19.6 Å². The van der Waals surface area contributed by atoms with Crippen LogP contribution in [-0.4, -0.2) is 60.1 Å². The molecule has 0 bridgehead atoms. The van der Waals surface area contributed by atoms with E-state index in [1.807, 2.05) is 6.92 Å². The minimum Gasteiger partial charge on any atom is -0.459 e. The molecule has 3 rings (SSSR count). The molecule has 0 unspecified atom stereocenters. The number of rotatable bonds is 7. The number of fused-ring (bicyclic) bond motifs is 1. The first-order chi connectivity index (χ1) is 15.3. The summed E-state index contributed by atoms with van der Waals surface area (Å²) >= 11 is 0. The van der Waals surface area contributed by atoms with Crippen LogP contribution in [0.2, 0.25) is 0 Å². The monoisotopic (exact) mass is 472 g/mol. The number of amides is 2. The predicted molar refractivity (Wildman–Crippen MR) is 122 cm³/mol. The number of imide groups is 1. The fourth-order valence-corrected chi connectivity index (χ4v) is 5.07. The van der Waals surface area contributed by atoms with Gasteiger partial charge in [-0.1, -0.05) is 29.8 Å². The van der Waals surface area contributed by atoms with Gasteiger partial charge in [0, 0.05) is 6.54 Å². The summed E-state index contributed by atoms with van der Waals surface area (Å²) in [6.45, 7) is 7.65. The number of esters is 1. The van der Waals surface area contributed by atoms with Crippen LogP contribution in [0.25, 0.3) is 0 Å². The summed E-state index contributed by atoms with van der Waals surface area (Å²) in [6, 6.07) is 11.9. The second-order valence-electron chi connectivity index (χ2n) is 9.07. The van der Waals surface area contributed by atoms with Crippen LogP contribution < -0.4 is 0 Å². The lowest BCUT2D eigenvalue weighted by molar-refractivity contribution is -0.155. The Hall–Kier alpha value is -3.04. The molecule has 8 nitrogen and oxygen atoms in total. The van der Waals surface area contributed by atoms with Crippen molar-refractivity contribution in [1.29, 1.82) is 0 Å². The number of nitrogens with zero attached hydrogens (tertiary/aromatic N) is 2. The summed E-state index contributed by atoms with van der Waals surface area (Å²) < 4.78 is 33.1. The van der Waals surface area contributed by atoms with E-state index in [2.05, 4.69) is 0 Å². The highest BCUT2D eigenvalue weighted by atomic mass is 32.2. The number of hydrogen-bond acceptors (Lipinski definition) is 6. The van der Waals surface area contributed by atoms with E-state index in [-0.39, 0.29) is 22.6 Å². The molecule has 33 heavy (non-hydrogen) atoms. The number of carbonyl (C=O) groups is 3. The largest absolute Gasteiger partial charge is 0.459 e. The molecule has 2 amide bonds. The molecule has 0 saturated heterocycles. The zero-order valence-electron chi connectivity index (χ0n) is 19.4. The van der Waals surface area contributed by atoms with E-state index in [4.69, 9.17) is 4.74 Å². The average molecular weight is 473 g/mol. The summed E-state index contributed by atoms with van der Waals surface area (Å²) in [4.78, 5) is 39.3. The van der Waals surface area contributed by atoms with Crippen molar-refractivity contribution in [3.05, 3.63) is 65.2 Å². The van der Waals surface area contributed by atoms with Crippen LogP contribution in [0, 0.1) is 6.92 Å². The van der Waals surface area contributed by atoms with Crippen LogP contribution >= 0.6 is 0 Å². The summed E-state index contributed by atoms with van der Waals surface area (Å²) in [5.74, 6) is -1.71. The van der Waals surface area contributed by atoms with E-state index < -0.39 is 46.0 Å². The summed E-state index contributed by atoms with van der Waals surface area (Å²) in [5, 5.41) is 0. The van der Waals surface area contributed by atoms with Crippen molar-refractivity contribution in [2.24, 2.45) is 0 Å². The first-order valence-electron chi connectivity index (χ1n) is 10.6. The van der Waals surface area contributed by atoms with Gasteiger partial charge in [-0.25, -0.2) is 8.42 Å². The molecule has 0 N–H and O–H groups in total. The minimum atomic E-state index is -4.11. The zero-order valence-corrected chi connectivity index (χ0v) is 20.2. The van der Waals surface area contributed by atoms with Gasteiger partial charge < -0.3 is 4.74 Å². The fourth-order valence-electron chi connectivity index (χ4n) is 3.61. The van der Waals surface area contributed by atoms with Gasteiger partial charge in [0.25, 0.3) is 11.8 Å². The van der Waals surface area contributed by atoms with Gasteiger partial charge in [-0.2, -0.15) is 4.31 Å². The Morgan fingerprint density at radius 1 is 1.00 bits per heavy atom. The molecule has 1 atom stereocenters. The molecule has 0 saturated carbocycles. The molecule has 2 aromatic rings. The second-order valence-corrected chi connectivity index (χ2v) is 11.0. The Morgan fingerprint density at radius 3 is 2.00 bits per heavy atom. The van der Waals surface area contributed by atoms with Crippen LogP contribution in [0.4, 0.5) is 0 Å². The molecule has 1 heterocycles. The van der Waals surface area contributed by atoms with Gasteiger partial charge in [0.15, 0.2) is 0 Å². The van der Waals surface area contributed by atoms with Crippen LogP contribution in [0.1, 0.15) is 54.0 Å². The van der Waals surface area contributed by atoms with Crippen LogP contribution in [0.3, 0.4) is 0 Å². The topological polar surface area (TPSA) is 101 Å². The summed E-state index contributed by atoms with van der Waals surface area (Å²) in [5.41, 5.74) is 0.626. The minimum absolute atomic E-state index is 0.00576. The van der Waals surface area contributed by atoms with Crippen molar-refractivity contribution in [3.8, 4) is 0 Å². The maximum absolute atomic E-state index is 13.4. The molecular weight excluding hydrogens is 444 g/mol. The van der Waals surface area contributed by atoms with Crippen molar-refractivity contribution in [2.75, 3.05) is 13.1 Å². The molecule has 0 spiro atoms. The standard InChI is InChI=1S/C24H28N2O6S/c1-16-10-12-18(13-11-16)33(30,31)25(15-21(27)32-24(3,4)5)14-17(2)26-22(28)19-8-6-7-9-20(19)23(26)29/h6-13,17H,14-15H2,1-5H3/t17-/m0/s1. The smallest absolute Gasteiger partial charge is 0.321 e. The van der Waals surface area contributed by atoms with Gasteiger partial charge in [0.05, 0.1) is 22.1 Å². The number of sulfonamides is 1. The Morgan fingerprint density at radius 2 is 1.52 bits per heavy atom. The quantitative estimate of drug-likeness (QED) is 0.454. The molecule has 0 fully saturated rings. The molecule has 0 radical (unpaired) electrons. The lowest BCUT2D eigenvalue weighted by atomic mass is 10.1. The van der Waals surface area contributed by atoms with E-state index in [0.717, 1.165) is 14.8 Å². The predicted octanol–water partition coefficient (Wildman–Crippen LogP) is 3.01. The van der Waals surface area contributed by atoms with Gasteiger partial charge in [-0.05, 0) is 58.9 Å². The van der Waals surface area contributed by atoms with Crippen molar-refractivity contribution >= 4 is 27.8 Å². The molecule has 2 aromatic carbocycles. The lowest BCUT2D eigenvalue weighted by Crippen LogP contribution is -2.48. The van der Waals surface area contributed by atoms with Gasteiger partial charge in [0.1, 0.15) is 12.1 Å². The van der Waals surface area contributed by atoms with E-state index >= 15 is 0 Å². The maximum Gasteiger partial charge on any atom is 0.321 e. The Balaban J connectivity index is 1.91. The average Bonchev–Trinajstić information content (AvgIpc) is 2.97. The van der Waals surface area contributed by atoms with Crippen molar-refractivity contribution in [3.63, 3.8) is 0 Å². The van der Waals surface area contributed by atoms with Crippen molar-refractivity contribution in [2.45, 2.75) is 51.2 Å². The number of ether oxygens (including phenoxy) is 1. The van der Waals surface area contributed by atoms with Crippen molar-refractivity contribution < 1.29 is 27.5 Å². The van der Waals surface area contributed by atoms with Gasteiger partial charge in [-0.15, -0.1) is 0 Å². The van der Waals surface area contributed by atoms with E-state index in [9.17, 15) is 22.8 Å². The van der Waals surface area contributed by atoms with Crippen LogP contribution in [0.15, 0.2) is 53.4 Å². The van der Waals surface area contributed by atoms with E-state index in [0.29, 0.717) is 0 Å². The molecule has 176 valence electrons. The third kappa shape index (κ3) is 5.31. The van der Waals surface area contributed by atoms with E-state index in [1.54, 1.807) is 64.1 Å². The first kappa shape index (κ1) is 24.6. The Kier molecular flexibility index (Phi) is 6.76. The molecular formula is C24H28N2O6S. The second kappa shape index (κ2) is 9.07. The number of hydrogen-bond donors (Lipinski definition) is 0. The van der Waals surface area contributed by atoms with Crippen molar-refractivity contribution in [1.82, 2.24) is 9.21 Å². The maximum atomic E-state index is 13.4. The molecule has 0 aliphatic carbocycles. The number of carbonyl (C=O) groups excluding carboxylic acids is 3.